The molecule has 4 heteroatoms. The van der Waals surface area contributed by atoms with Gasteiger partial charge in [0.25, 0.3) is 0 Å². The molecular weight excluding hydrogens is 520 g/mol. The predicted octanol–water partition coefficient (Wildman–Crippen LogP) is 12.0. The first kappa shape index (κ1) is 39.9. The quantitative estimate of drug-likeness (QED) is 0.0498. The van der Waals surface area contributed by atoms with E-state index in [-0.39, 0.29) is 12.1 Å². The van der Waals surface area contributed by atoms with Gasteiger partial charge in [0, 0.05) is 12.8 Å². The molecule has 242 valence electrons. The number of hydrogen-bond acceptors (Lipinski definition) is 3. The molecule has 0 heterocycles. The average Bonchev–Trinajstić information content (AvgIpc) is 2.96. The van der Waals surface area contributed by atoms with Crippen LogP contribution < -0.4 is 0 Å². The van der Waals surface area contributed by atoms with Gasteiger partial charge >= 0.3 is 11.9 Å². The van der Waals surface area contributed by atoms with Crippen LogP contribution in [0.5, 0.6) is 0 Å². The zero-order chi connectivity index (χ0) is 30.8. The lowest BCUT2D eigenvalue weighted by Gasteiger charge is -2.13. The molecule has 1 atom stereocenters. The normalized spacial score (nSPS) is 12.8. The number of unbranched alkanes of at least 4 members (excludes halogenated alkanes) is 16. The highest BCUT2D eigenvalue weighted by atomic mass is 16.5. The molecule has 0 aliphatic carbocycles. The smallest absolute Gasteiger partial charge is 0.306 e. The molecule has 0 aromatic carbocycles. The fraction of sp³-hybridized carbons (Fsp3) is 0.737. The summed E-state index contributed by atoms with van der Waals surface area (Å²) in [5.74, 6) is -0.707. The molecule has 4 nitrogen and oxygen atoms in total. The fourth-order valence-electron chi connectivity index (χ4n) is 4.98. The van der Waals surface area contributed by atoms with Crippen LogP contribution in [0.15, 0.2) is 48.6 Å². The topological polar surface area (TPSA) is 63.6 Å². The van der Waals surface area contributed by atoms with Crippen LogP contribution in [0.2, 0.25) is 0 Å². The number of rotatable bonds is 31. The summed E-state index contributed by atoms with van der Waals surface area (Å²) < 4.78 is 5.61. The Balaban J connectivity index is 3.41. The SMILES string of the molecule is CC/C=C\C/C=C\C/C=C\C/C=C\CCCCC(=O)OC(C)CCCCCCCCCCCCCCCCCC(=O)O. The van der Waals surface area contributed by atoms with Crippen molar-refractivity contribution in [3.8, 4) is 0 Å². The van der Waals surface area contributed by atoms with Crippen LogP contribution in [-0.2, 0) is 14.3 Å². The van der Waals surface area contributed by atoms with E-state index < -0.39 is 5.97 Å². The van der Waals surface area contributed by atoms with Crippen molar-refractivity contribution in [3.63, 3.8) is 0 Å². The second-order valence-corrected chi connectivity index (χ2v) is 11.8. The highest BCUT2D eigenvalue weighted by molar-refractivity contribution is 5.69. The summed E-state index contributed by atoms with van der Waals surface area (Å²) in [6, 6.07) is 0. The Morgan fingerprint density at radius 2 is 0.952 bits per heavy atom. The van der Waals surface area contributed by atoms with Gasteiger partial charge in [-0.3, -0.25) is 9.59 Å². The second kappa shape index (κ2) is 33.4. The summed E-state index contributed by atoms with van der Waals surface area (Å²) >= 11 is 0. The van der Waals surface area contributed by atoms with E-state index in [0.29, 0.717) is 12.8 Å². The van der Waals surface area contributed by atoms with E-state index in [2.05, 4.69) is 55.5 Å². The zero-order valence-electron chi connectivity index (χ0n) is 27.5. The first-order valence-electron chi connectivity index (χ1n) is 17.6. The standard InChI is InChI=1S/C38H66O4/c1-3-4-5-6-7-8-9-10-12-17-20-23-26-29-32-35-38(41)42-36(2)33-30-27-24-21-18-15-13-11-14-16-19-22-25-28-31-34-37(39)40/h4-5,7-8,10,12,20,23,36H,3,6,9,11,13-19,21-22,24-35H2,1-2H3,(H,39,40)/b5-4-,8-7-,12-10-,23-20-. The minimum atomic E-state index is -0.668. The molecule has 0 spiro atoms. The third kappa shape index (κ3) is 34.1. The summed E-state index contributed by atoms with van der Waals surface area (Å²) in [4.78, 5) is 22.6. The van der Waals surface area contributed by atoms with Gasteiger partial charge < -0.3 is 9.84 Å². The van der Waals surface area contributed by atoms with Gasteiger partial charge in [-0.25, -0.2) is 0 Å². The van der Waals surface area contributed by atoms with Crippen LogP contribution >= 0.6 is 0 Å². The third-order valence-corrected chi connectivity index (χ3v) is 7.55. The molecule has 0 bridgehead atoms. The van der Waals surface area contributed by atoms with Crippen molar-refractivity contribution in [2.45, 2.75) is 180 Å². The van der Waals surface area contributed by atoms with E-state index in [1.807, 2.05) is 6.92 Å². The lowest BCUT2D eigenvalue weighted by molar-refractivity contribution is -0.148. The molecular formula is C38H66O4. The molecule has 1 N–H and O–H groups in total. The van der Waals surface area contributed by atoms with Gasteiger partial charge in [-0.15, -0.1) is 0 Å². The molecule has 0 amide bonds. The predicted molar refractivity (Wildman–Crippen MR) is 181 cm³/mol. The van der Waals surface area contributed by atoms with E-state index in [0.717, 1.165) is 70.6 Å². The van der Waals surface area contributed by atoms with Crippen LogP contribution in [0.4, 0.5) is 0 Å². The number of aliphatic carboxylic acids is 1. The van der Waals surface area contributed by atoms with Crippen molar-refractivity contribution in [1.82, 2.24) is 0 Å². The number of carboxylic acids is 1. The molecule has 0 rings (SSSR count). The van der Waals surface area contributed by atoms with E-state index in [1.54, 1.807) is 0 Å². The number of carboxylic acid groups (broad SMARTS) is 1. The molecule has 0 saturated carbocycles. The maximum Gasteiger partial charge on any atom is 0.306 e. The Morgan fingerprint density at radius 1 is 0.548 bits per heavy atom. The molecule has 1 unspecified atom stereocenters. The summed E-state index contributed by atoms with van der Waals surface area (Å²) in [6.07, 6.45) is 45.4. The van der Waals surface area contributed by atoms with Crippen LogP contribution in [0.3, 0.4) is 0 Å². The van der Waals surface area contributed by atoms with Crippen molar-refractivity contribution >= 4 is 11.9 Å². The zero-order valence-corrected chi connectivity index (χ0v) is 27.5. The van der Waals surface area contributed by atoms with Gasteiger partial charge in [0.05, 0.1) is 6.10 Å². The van der Waals surface area contributed by atoms with E-state index in [1.165, 1.54) is 77.0 Å². The van der Waals surface area contributed by atoms with Crippen LogP contribution in [0.1, 0.15) is 174 Å². The van der Waals surface area contributed by atoms with Crippen molar-refractivity contribution in [3.05, 3.63) is 48.6 Å². The number of allylic oxidation sites excluding steroid dienone is 8. The molecule has 0 aromatic rings. The summed E-state index contributed by atoms with van der Waals surface area (Å²) in [5, 5.41) is 8.63. The molecule has 0 fully saturated rings. The van der Waals surface area contributed by atoms with Crippen LogP contribution in [0, 0.1) is 0 Å². The van der Waals surface area contributed by atoms with Crippen LogP contribution in [-0.4, -0.2) is 23.1 Å². The van der Waals surface area contributed by atoms with Gasteiger partial charge in [0.15, 0.2) is 0 Å². The van der Waals surface area contributed by atoms with E-state index in [4.69, 9.17) is 9.84 Å². The molecule has 0 radical (unpaired) electrons. The van der Waals surface area contributed by atoms with Gasteiger partial charge in [0.1, 0.15) is 0 Å². The second-order valence-electron chi connectivity index (χ2n) is 11.8. The minimum Gasteiger partial charge on any atom is -0.481 e. The Bertz CT molecular complexity index is 719. The summed E-state index contributed by atoms with van der Waals surface area (Å²) in [7, 11) is 0. The third-order valence-electron chi connectivity index (χ3n) is 7.55. The molecule has 0 aliphatic heterocycles. The first-order chi connectivity index (χ1) is 20.6. The van der Waals surface area contributed by atoms with Gasteiger partial charge in [-0.1, -0.05) is 139 Å². The number of esters is 1. The van der Waals surface area contributed by atoms with Crippen molar-refractivity contribution in [2.75, 3.05) is 0 Å². The minimum absolute atomic E-state index is 0.0385. The van der Waals surface area contributed by atoms with Crippen molar-refractivity contribution in [1.29, 1.82) is 0 Å². The Morgan fingerprint density at radius 3 is 1.43 bits per heavy atom. The average molecular weight is 587 g/mol. The first-order valence-corrected chi connectivity index (χ1v) is 17.6. The number of ether oxygens (including phenoxy) is 1. The van der Waals surface area contributed by atoms with Crippen LogP contribution in [0.25, 0.3) is 0 Å². The highest BCUT2D eigenvalue weighted by Gasteiger charge is 2.09. The monoisotopic (exact) mass is 586 g/mol. The molecule has 0 aliphatic rings. The van der Waals surface area contributed by atoms with Gasteiger partial charge in [-0.05, 0) is 71.1 Å². The lowest BCUT2D eigenvalue weighted by Crippen LogP contribution is -2.14. The maximum absolute atomic E-state index is 12.1. The van der Waals surface area contributed by atoms with Gasteiger partial charge in [0.2, 0.25) is 0 Å². The van der Waals surface area contributed by atoms with E-state index >= 15 is 0 Å². The van der Waals surface area contributed by atoms with Gasteiger partial charge in [-0.2, -0.15) is 0 Å². The highest BCUT2D eigenvalue weighted by Crippen LogP contribution is 2.15. The Kier molecular flexibility index (Phi) is 31.7. The molecule has 0 saturated heterocycles. The maximum atomic E-state index is 12.1. The Hall–Kier alpha value is -2.10. The van der Waals surface area contributed by atoms with Crippen molar-refractivity contribution in [2.24, 2.45) is 0 Å². The number of carbonyl (C=O) groups is 2. The van der Waals surface area contributed by atoms with E-state index in [9.17, 15) is 9.59 Å². The number of hydrogen-bond donors (Lipinski definition) is 1. The Labute approximate surface area is 260 Å². The fourth-order valence-corrected chi connectivity index (χ4v) is 4.98. The molecule has 0 aromatic heterocycles. The number of carbonyl (C=O) groups excluding carboxylic acids is 1. The largest absolute Gasteiger partial charge is 0.481 e. The lowest BCUT2D eigenvalue weighted by atomic mass is 10.0. The van der Waals surface area contributed by atoms with Crippen molar-refractivity contribution < 1.29 is 19.4 Å². The molecule has 42 heavy (non-hydrogen) atoms. The summed E-state index contributed by atoms with van der Waals surface area (Å²) in [6.45, 7) is 4.19. The summed E-state index contributed by atoms with van der Waals surface area (Å²) in [5.41, 5.74) is 0.